The van der Waals surface area contributed by atoms with Crippen molar-refractivity contribution >= 4 is 0 Å². The molecule has 12 heavy (non-hydrogen) atoms. The third kappa shape index (κ3) is 1.17. The minimum atomic E-state index is 0.344. The summed E-state index contributed by atoms with van der Waals surface area (Å²) in [6.45, 7) is 9.33. The van der Waals surface area contributed by atoms with Crippen molar-refractivity contribution in [1.29, 1.82) is 0 Å². The van der Waals surface area contributed by atoms with Crippen LogP contribution in [0.25, 0.3) is 0 Å². The smallest absolute Gasteiger partial charge is 0.0125 e. The molecule has 0 radical (unpaired) electrons. The van der Waals surface area contributed by atoms with Crippen molar-refractivity contribution < 1.29 is 0 Å². The third-order valence-corrected chi connectivity index (χ3v) is 3.55. The summed E-state index contributed by atoms with van der Waals surface area (Å²) in [5.74, 6) is 1.59. The van der Waals surface area contributed by atoms with E-state index >= 15 is 0 Å². The lowest BCUT2D eigenvalue weighted by molar-refractivity contribution is -0.0404. The van der Waals surface area contributed by atoms with E-state index in [2.05, 4.69) is 25.7 Å². The molecule has 1 saturated carbocycles. The third-order valence-electron chi connectivity index (χ3n) is 3.55. The number of rotatable bonds is 0. The fourth-order valence-corrected chi connectivity index (χ4v) is 2.47. The Morgan fingerprint density at radius 2 is 1.67 bits per heavy atom. The largest absolute Gasteiger partial charge is 0.327 e. The Kier molecular flexibility index (Phi) is 1.74. The highest BCUT2D eigenvalue weighted by atomic mass is 15.2. The van der Waals surface area contributed by atoms with E-state index in [0.717, 1.165) is 11.8 Å². The highest BCUT2D eigenvalue weighted by molar-refractivity contribution is 5.02. The second-order valence-electron chi connectivity index (χ2n) is 5.41. The minimum absolute atomic E-state index is 0.344. The van der Waals surface area contributed by atoms with Crippen molar-refractivity contribution in [2.45, 2.75) is 38.8 Å². The average Bonchev–Trinajstić information content (AvgIpc) is 2.02. The highest BCUT2D eigenvalue weighted by Gasteiger charge is 2.46. The van der Waals surface area contributed by atoms with Gasteiger partial charge in [0, 0.05) is 24.7 Å². The first-order valence-corrected chi connectivity index (χ1v) is 4.99. The van der Waals surface area contributed by atoms with E-state index in [9.17, 15) is 0 Å². The average molecular weight is 168 g/mol. The fraction of sp³-hybridized carbons (Fsp3) is 1.00. The van der Waals surface area contributed by atoms with Crippen LogP contribution in [0.1, 0.15) is 27.2 Å². The van der Waals surface area contributed by atoms with Gasteiger partial charge in [-0.05, 0) is 39.0 Å². The maximum Gasteiger partial charge on any atom is 0.0125 e. The Bertz CT molecular complexity index is 171. The van der Waals surface area contributed by atoms with Crippen molar-refractivity contribution in [3.05, 3.63) is 0 Å². The van der Waals surface area contributed by atoms with Crippen molar-refractivity contribution in [2.24, 2.45) is 17.6 Å². The number of hydrogen-bond donors (Lipinski definition) is 1. The molecule has 3 atom stereocenters. The predicted octanol–water partition coefficient (Wildman–Crippen LogP) is 1.06. The number of fused-ring (bicyclic) bond motifs is 2. The van der Waals surface area contributed by atoms with Crippen LogP contribution in [0, 0.1) is 11.8 Å². The lowest BCUT2D eigenvalue weighted by Crippen LogP contribution is -2.65. The summed E-state index contributed by atoms with van der Waals surface area (Å²) >= 11 is 0. The molecule has 3 aliphatic rings. The SMILES string of the molecule is CC(C)(C)N1C[C@H]2C[C@@H](C1)C2N. The van der Waals surface area contributed by atoms with Crippen LogP contribution in [0.3, 0.4) is 0 Å². The molecule has 0 aromatic carbocycles. The van der Waals surface area contributed by atoms with E-state index in [0.29, 0.717) is 11.6 Å². The van der Waals surface area contributed by atoms with Crippen LogP contribution in [-0.2, 0) is 0 Å². The summed E-state index contributed by atoms with van der Waals surface area (Å²) < 4.78 is 0. The maximum absolute atomic E-state index is 6.01. The molecule has 0 amide bonds. The van der Waals surface area contributed by atoms with E-state index < -0.39 is 0 Å². The molecule has 2 saturated heterocycles. The second-order valence-corrected chi connectivity index (χ2v) is 5.41. The summed E-state index contributed by atoms with van der Waals surface area (Å²) in [7, 11) is 0. The topological polar surface area (TPSA) is 29.3 Å². The zero-order valence-corrected chi connectivity index (χ0v) is 8.38. The quantitative estimate of drug-likeness (QED) is 0.586. The molecule has 0 aromatic rings. The first-order valence-electron chi connectivity index (χ1n) is 4.99. The molecule has 2 heteroatoms. The molecule has 1 aliphatic carbocycles. The zero-order valence-electron chi connectivity index (χ0n) is 8.38. The molecule has 2 nitrogen and oxygen atoms in total. The van der Waals surface area contributed by atoms with Gasteiger partial charge >= 0.3 is 0 Å². The molecule has 70 valence electrons. The van der Waals surface area contributed by atoms with Gasteiger partial charge < -0.3 is 5.73 Å². The van der Waals surface area contributed by atoms with Crippen molar-refractivity contribution in [3.8, 4) is 0 Å². The number of nitrogens with two attached hydrogens (primary N) is 1. The Labute approximate surface area is 75.1 Å². The van der Waals surface area contributed by atoms with Crippen LogP contribution < -0.4 is 5.73 Å². The summed E-state index contributed by atoms with van der Waals surface area (Å²) in [4.78, 5) is 2.58. The van der Waals surface area contributed by atoms with Gasteiger partial charge in [-0.2, -0.15) is 0 Å². The summed E-state index contributed by atoms with van der Waals surface area (Å²) in [6.07, 6.45) is 1.38. The van der Waals surface area contributed by atoms with Crippen LogP contribution in [-0.4, -0.2) is 29.6 Å². The van der Waals surface area contributed by atoms with Crippen LogP contribution in [0.5, 0.6) is 0 Å². The number of hydrogen-bond acceptors (Lipinski definition) is 2. The van der Waals surface area contributed by atoms with Gasteiger partial charge in [-0.1, -0.05) is 0 Å². The summed E-state index contributed by atoms with van der Waals surface area (Å²) in [5.41, 5.74) is 6.35. The Balaban J connectivity index is 1.99. The van der Waals surface area contributed by atoms with Crippen LogP contribution in [0.4, 0.5) is 0 Å². The molecule has 1 unspecified atom stereocenters. The van der Waals surface area contributed by atoms with Gasteiger partial charge in [-0.3, -0.25) is 4.90 Å². The van der Waals surface area contributed by atoms with E-state index in [4.69, 9.17) is 5.73 Å². The molecule has 2 aliphatic heterocycles. The molecule has 0 spiro atoms. The maximum atomic E-state index is 6.01. The van der Waals surface area contributed by atoms with Gasteiger partial charge in [0.1, 0.15) is 0 Å². The minimum Gasteiger partial charge on any atom is -0.327 e. The summed E-state index contributed by atoms with van der Waals surface area (Å²) in [6, 6.07) is 0.517. The van der Waals surface area contributed by atoms with Gasteiger partial charge in [0.15, 0.2) is 0 Å². The Hall–Kier alpha value is -0.0800. The molecular formula is C10H20N2. The second kappa shape index (κ2) is 2.46. The van der Waals surface area contributed by atoms with Crippen molar-refractivity contribution in [2.75, 3.05) is 13.1 Å². The van der Waals surface area contributed by atoms with Crippen LogP contribution >= 0.6 is 0 Å². The van der Waals surface area contributed by atoms with E-state index in [1.54, 1.807) is 0 Å². The molecule has 3 fully saturated rings. The molecule has 2 N–H and O–H groups in total. The predicted molar refractivity (Wildman–Crippen MR) is 50.9 cm³/mol. The molecule has 2 heterocycles. The zero-order chi connectivity index (χ0) is 8.93. The fourth-order valence-electron chi connectivity index (χ4n) is 2.47. The van der Waals surface area contributed by atoms with Crippen LogP contribution in [0.2, 0.25) is 0 Å². The lowest BCUT2D eigenvalue weighted by atomic mass is 9.66. The van der Waals surface area contributed by atoms with E-state index in [-0.39, 0.29) is 0 Å². The first kappa shape index (κ1) is 8.52. The van der Waals surface area contributed by atoms with E-state index in [1.807, 2.05) is 0 Å². The standard InChI is InChI=1S/C10H20N2/c1-10(2,3)12-5-7-4-8(6-12)9(7)11/h7-9H,4-6,11H2,1-3H3/t7-,8+,9?. The highest BCUT2D eigenvalue weighted by Crippen LogP contribution is 2.40. The number of nitrogens with zero attached hydrogens (tertiary/aromatic N) is 1. The molecule has 2 bridgehead atoms. The molecule has 3 rings (SSSR count). The number of piperidine rings is 2. The van der Waals surface area contributed by atoms with Gasteiger partial charge in [-0.25, -0.2) is 0 Å². The lowest BCUT2D eigenvalue weighted by Gasteiger charge is -2.55. The van der Waals surface area contributed by atoms with Crippen molar-refractivity contribution in [1.82, 2.24) is 4.90 Å². The Morgan fingerprint density at radius 1 is 1.17 bits per heavy atom. The van der Waals surface area contributed by atoms with Gasteiger partial charge in [0.2, 0.25) is 0 Å². The first-order chi connectivity index (χ1) is 5.48. The normalized spacial score (nSPS) is 42.5. The van der Waals surface area contributed by atoms with Gasteiger partial charge in [0.05, 0.1) is 0 Å². The van der Waals surface area contributed by atoms with Crippen molar-refractivity contribution in [3.63, 3.8) is 0 Å². The molecule has 0 aromatic heterocycles. The van der Waals surface area contributed by atoms with Gasteiger partial charge in [-0.15, -0.1) is 0 Å². The van der Waals surface area contributed by atoms with Gasteiger partial charge in [0.25, 0.3) is 0 Å². The van der Waals surface area contributed by atoms with Crippen LogP contribution in [0.15, 0.2) is 0 Å². The monoisotopic (exact) mass is 168 g/mol. The van der Waals surface area contributed by atoms with E-state index in [1.165, 1.54) is 19.5 Å². The molecular weight excluding hydrogens is 148 g/mol. The Morgan fingerprint density at radius 3 is 2.00 bits per heavy atom. The summed E-state index contributed by atoms with van der Waals surface area (Å²) in [5, 5.41) is 0.